The molecule has 12 heteroatoms. The average molecular weight is 434 g/mol. The number of aryl methyl sites for hydroxylation is 3. The van der Waals surface area contributed by atoms with Crippen molar-refractivity contribution in [3.8, 4) is 5.69 Å². The van der Waals surface area contributed by atoms with Gasteiger partial charge in [0.15, 0.2) is 0 Å². The predicted octanol–water partition coefficient (Wildman–Crippen LogP) is 2.66. The van der Waals surface area contributed by atoms with Crippen LogP contribution in [0.3, 0.4) is 0 Å². The highest BCUT2D eigenvalue weighted by molar-refractivity contribution is 5.82. The molecule has 0 fully saturated rings. The summed E-state index contributed by atoms with van der Waals surface area (Å²) in [4.78, 5) is 30.0. The molecule has 2 N–H and O–H groups in total. The minimum Gasteiger partial charge on any atom is -0.481 e. The molecule has 31 heavy (non-hydrogen) atoms. The highest BCUT2D eigenvalue weighted by atomic mass is 19.4. The van der Waals surface area contributed by atoms with Crippen molar-refractivity contribution in [2.75, 3.05) is 0 Å². The van der Waals surface area contributed by atoms with Gasteiger partial charge in [0.05, 0.1) is 34.4 Å². The zero-order valence-electron chi connectivity index (χ0n) is 16.5. The van der Waals surface area contributed by atoms with E-state index in [-0.39, 0.29) is 41.0 Å². The van der Waals surface area contributed by atoms with Gasteiger partial charge in [-0.2, -0.15) is 13.2 Å². The molecule has 0 unspecified atom stereocenters. The number of fused-ring (bicyclic) bond motifs is 3. The number of carboxylic acids is 1. The lowest BCUT2D eigenvalue weighted by Gasteiger charge is -2.17. The van der Waals surface area contributed by atoms with Gasteiger partial charge in [-0.25, -0.2) is 4.98 Å². The molecule has 0 aliphatic heterocycles. The average Bonchev–Trinajstić information content (AvgIpc) is 3.28. The second-order valence-corrected chi connectivity index (χ2v) is 7.03. The monoisotopic (exact) mass is 434 g/mol. The number of carboxylic acid groups (broad SMARTS) is 1. The molecule has 0 bridgehead atoms. The first-order valence-electron chi connectivity index (χ1n) is 9.38. The first-order chi connectivity index (χ1) is 14.6. The van der Waals surface area contributed by atoms with E-state index in [9.17, 15) is 22.8 Å². The molecule has 9 nitrogen and oxygen atoms in total. The molecule has 3 aromatic heterocycles. The smallest absolute Gasteiger partial charge is 0.418 e. The Bertz CT molecular complexity index is 1380. The number of benzene rings is 1. The van der Waals surface area contributed by atoms with Crippen molar-refractivity contribution in [2.24, 2.45) is 0 Å². The van der Waals surface area contributed by atoms with Crippen molar-refractivity contribution in [2.45, 2.75) is 39.3 Å². The van der Waals surface area contributed by atoms with Gasteiger partial charge in [0, 0.05) is 19.0 Å². The van der Waals surface area contributed by atoms with Gasteiger partial charge in [-0.15, -0.1) is 10.2 Å². The van der Waals surface area contributed by atoms with E-state index in [0.717, 1.165) is 6.07 Å². The predicted molar refractivity (Wildman–Crippen MR) is 103 cm³/mol. The fourth-order valence-corrected chi connectivity index (χ4v) is 3.57. The number of hydrogen-bond acceptors (Lipinski definition) is 5. The van der Waals surface area contributed by atoms with E-state index < -0.39 is 23.3 Å². The van der Waals surface area contributed by atoms with E-state index >= 15 is 0 Å². The minimum atomic E-state index is -4.70. The van der Waals surface area contributed by atoms with Crippen LogP contribution in [0.1, 0.15) is 36.3 Å². The maximum absolute atomic E-state index is 13.9. The van der Waals surface area contributed by atoms with Crippen molar-refractivity contribution in [3.63, 3.8) is 0 Å². The number of nitrogens with zero attached hydrogens (tertiary/aromatic N) is 5. The third-order valence-corrected chi connectivity index (χ3v) is 4.88. The molecule has 4 rings (SSSR count). The number of imidazole rings is 1. The molecule has 1 aromatic carbocycles. The highest BCUT2D eigenvalue weighted by Gasteiger charge is 2.35. The number of hydrogen-bond donors (Lipinski definition) is 2. The summed E-state index contributed by atoms with van der Waals surface area (Å²) in [5, 5.41) is 16.6. The lowest BCUT2D eigenvalue weighted by Crippen LogP contribution is -2.16. The van der Waals surface area contributed by atoms with Crippen LogP contribution in [0.4, 0.5) is 13.2 Å². The zero-order valence-corrected chi connectivity index (χ0v) is 16.5. The van der Waals surface area contributed by atoms with Gasteiger partial charge in [0.2, 0.25) is 5.65 Å². The molecule has 4 aromatic rings. The molecule has 0 spiro atoms. The maximum atomic E-state index is 13.9. The summed E-state index contributed by atoms with van der Waals surface area (Å²) < 4.78 is 44.4. The largest absolute Gasteiger partial charge is 0.481 e. The Balaban J connectivity index is 2.10. The lowest BCUT2D eigenvalue weighted by atomic mass is 10.1. The molecular formula is C19H17F3N6O3. The Labute approximate surface area is 172 Å². The quantitative estimate of drug-likeness (QED) is 0.499. The third-order valence-electron chi connectivity index (χ3n) is 4.88. The van der Waals surface area contributed by atoms with E-state index in [2.05, 4.69) is 20.2 Å². The molecule has 162 valence electrons. The van der Waals surface area contributed by atoms with E-state index in [1.54, 1.807) is 13.8 Å². The van der Waals surface area contributed by atoms with Gasteiger partial charge in [-0.3, -0.25) is 14.0 Å². The number of aromatic amines is 1. The van der Waals surface area contributed by atoms with Crippen LogP contribution in [-0.4, -0.2) is 40.2 Å². The third kappa shape index (κ3) is 3.53. The fourth-order valence-electron chi connectivity index (χ4n) is 3.57. The van der Waals surface area contributed by atoms with Gasteiger partial charge in [0.25, 0.3) is 5.56 Å². The fraction of sp³-hybridized carbons (Fsp3) is 0.316. The van der Waals surface area contributed by atoms with Crippen molar-refractivity contribution in [1.29, 1.82) is 0 Å². The molecule has 0 amide bonds. The molecule has 0 radical (unpaired) electrons. The molecule has 0 saturated heterocycles. The van der Waals surface area contributed by atoms with Crippen molar-refractivity contribution >= 4 is 22.6 Å². The number of alkyl halides is 3. The normalized spacial score (nSPS) is 12.2. The second-order valence-electron chi connectivity index (χ2n) is 7.03. The number of carbonyl (C=O) groups is 1. The Morgan fingerprint density at radius 3 is 2.61 bits per heavy atom. The van der Waals surface area contributed by atoms with Gasteiger partial charge in [-0.1, -0.05) is 6.92 Å². The van der Waals surface area contributed by atoms with Crippen LogP contribution < -0.4 is 5.56 Å². The summed E-state index contributed by atoms with van der Waals surface area (Å²) in [5.41, 5.74) is -1.25. The number of H-pyrrole nitrogens is 1. The summed E-state index contributed by atoms with van der Waals surface area (Å²) in [6.07, 6.45) is -3.10. The van der Waals surface area contributed by atoms with Crippen LogP contribution in [0.25, 0.3) is 22.4 Å². The van der Waals surface area contributed by atoms with E-state index in [1.165, 1.54) is 21.2 Å². The SMILES string of the molecule is CCc1nc(C)cn1-c1cc2c(cc1C(F)(F)F)[nH]c(=O)c1nnc(CCC(=O)O)n12. The summed E-state index contributed by atoms with van der Waals surface area (Å²) in [5.74, 6) is -0.470. The summed E-state index contributed by atoms with van der Waals surface area (Å²) in [7, 11) is 0. The lowest BCUT2D eigenvalue weighted by molar-refractivity contribution is -0.138. The number of rotatable bonds is 5. The van der Waals surface area contributed by atoms with Gasteiger partial charge >= 0.3 is 12.1 Å². The molecule has 0 atom stereocenters. The topological polar surface area (TPSA) is 118 Å². The van der Waals surface area contributed by atoms with Crippen LogP contribution in [0.15, 0.2) is 23.1 Å². The minimum absolute atomic E-state index is 0.0458. The number of aromatic nitrogens is 6. The number of aliphatic carboxylic acids is 1. The molecule has 3 heterocycles. The zero-order chi connectivity index (χ0) is 22.5. The van der Waals surface area contributed by atoms with Gasteiger partial charge in [-0.05, 0) is 19.1 Å². The molecule has 0 aliphatic carbocycles. The number of halogens is 3. The number of nitrogens with one attached hydrogen (secondary N) is 1. The Hall–Kier alpha value is -3.70. The summed E-state index contributed by atoms with van der Waals surface area (Å²) in [6.45, 7) is 3.47. The molecule has 0 aliphatic rings. The van der Waals surface area contributed by atoms with Crippen LogP contribution in [0, 0.1) is 6.92 Å². The molecule has 0 saturated carbocycles. The summed E-state index contributed by atoms with van der Waals surface area (Å²) >= 11 is 0. The van der Waals surface area contributed by atoms with Crippen molar-refractivity contribution < 1.29 is 23.1 Å². The summed E-state index contributed by atoms with van der Waals surface area (Å²) in [6, 6.07) is 2.15. The standard InChI is InChI=1S/C19H17F3N6O3/c1-3-14-23-9(2)8-27(14)12-7-13-11(6-10(12)19(20,21)22)24-18(31)17-26-25-15(28(13)17)4-5-16(29)30/h6-8H,3-5H2,1-2H3,(H,24,31)(H,29,30). The van der Waals surface area contributed by atoms with Crippen molar-refractivity contribution in [1.82, 2.24) is 29.1 Å². The van der Waals surface area contributed by atoms with E-state index in [1.807, 2.05) is 0 Å². The van der Waals surface area contributed by atoms with Crippen LogP contribution in [0.5, 0.6) is 0 Å². The van der Waals surface area contributed by atoms with Crippen LogP contribution >= 0.6 is 0 Å². The van der Waals surface area contributed by atoms with E-state index in [4.69, 9.17) is 5.11 Å². The second kappa shape index (κ2) is 7.22. The first-order valence-corrected chi connectivity index (χ1v) is 9.38. The van der Waals surface area contributed by atoms with Crippen molar-refractivity contribution in [3.05, 3.63) is 51.6 Å². The van der Waals surface area contributed by atoms with Crippen LogP contribution in [0.2, 0.25) is 0 Å². The van der Waals surface area contributed by atoms with Gasteiger partial charge < -0.3 is 14.7 Å². The van der Waals surface area contributed by atoms with Gasteiger partial charge in [0.1, 0.15) is 11.6 Å². The van der Waals surface area contributed by atoms with E-state index in [0.29, 0.717) is 17.9 Å². The first kappa shape index (κ1) is 20.6. The maximum Gasteiger partial charge on any atom is 0.418 e. The van der Waals surface area contributed by atoms with Crippen LogP contribution in [-0.2, 0) is 23.8 Å². The Morgan fingerprint density at radius 1 is 1.23 bits per heavy atom. The Morgan fingerprint density at radius 2 is 1.97 bits per heavy atom. The highest BCUT2D eigenvalue weighted by Crippen LogP contribution is 2.36. The molecular weight excluding hydrogens is 417 g/mol. The Kier molecular flexibility index (Phi) is 4.79.